The molecule has 0 amide bonds. The fraction of sp³-hybridized carbons (Fsp3) is 0.625. The minimum absolute atomic E-state index is 0.252. The molecule has 0 atom stereocenters. The number of nitrogens with one attached hydrogen (secondary N) is 1. The number of hydrogen-bond donors (Lipinski definition) is 1. The van der Waals surface area contributed by atoms with Crippen molar-refractivity contribution in [2.24, 2.45) is 0 Å². The largest absolute Gasteiger partial charge is 0.459 e. The lowest BCUT2D eigenvalue weighted by Crippen LogP contribution is -2.51. The first-order valence-electron chi connectivity index (χ1n) is 3.96. The third-order valence-corrected chi connectivity index (χ3v) is 1.78. The summed E-state index contributed by atoms with van der Waals surface area (Å²) in [5.74, 6) is -11.3. The summed E-state index contributed by atoms with van der Waals surface area (Å²) in [4.78, 5) is 0. The topological polar surface area (TPSA) is 23.9 Å². The number of allylic oxidation sites excluding steroid dienone is 1. The van der Waals surface area contributed by atoms with Crippen molar-refractivity contribution in [1.29, 1.82) is 5.41 Å². The smallest absolute Gasteiger partial charge is 0.308 e. The molecule has 0 aromatic carbocycles. The molecule has 1 N–H and O–H groups in total. The minimum Gasteiger partial charge on any atom is -0.308 e. The van der Waals surface area contributed by atoms with E-state index in [2.05, 4.69) is 6.58 Å². The Balaban J connectivity index is 4.78. The third kappa shape index (κ3) is 2.96. The molecule has 94 valence electrons. The maximum Gasteiger partial charge on any atom is 0.459 e. The molecule has 0 aliphatic carbocycles. The van der Waals surface area contributed by atoms with Crippen LogP contribution in [-0.2, 0) is 0 Å². The van der Waals surface area contributed by atoms with Crippen molar-refractivity contribution in [3.63, 3.8) is 0 Å². The molecule has 0 heterocycles. The molecule has 0 spiro atoms. The highest BCUT2D eigenvalue weighted by molar-refractivity contribution is 5.74. The number of halogens is 7. The van der Waals surface area contributed by atoms with Gasteiger partial charge < -0.3 is 5.41 Å². The first-order chi connectivity index (χ1) is 6.95. The Bertz CT molecular complexity index is 279. The van der Waals surface area contributed by atoms with Crippen molar-refractivity contribution < 1.29 is 30.7 Å². The quantitative estimate of drug-likeness (QED) is 0.567. The molecule has 0 radical (unpaired) electrons. The maximum atomic E-state index is 12.6. The van der Waals surface area contributed by atoms with Crippen LogP contribution in [0.5, 0.6) is 0 Å². The van der Waals surface area contributed by atoms with Gasteiger partial charge >= 0.3 is 18.0 Å². The van der Waals surface area contributed by atoms with Crippen LogP contribution in [0.25, 0.3) is 0 Å². The molecule has 0 rings (SSSR count). The van der Waals surface area contributed by atoms with Crippen LogP contribution < -0.4 is 0 Å². The summed E-state index contributed by atoms with van der Waals surface area (Å²) < 4.78 is 84.7. The summed E-state index contributed by atoms with van der Waals surface area (Å²) in [7, 11) is 0. The molecule has 0 bridgehead atoms. The lowest BCUT2D eigenvalue weighted by atomic mass is 10.0. The van der Waals surface area contributed by atoms with Gasteiger partial charge in [-0.2, -0.15) is 30.7 Å². The lowest BCUT2D eigenvalue weighted by molar-refractivity contribution is -0.355. The van der Waals surface area contributed by atoms with Gasteiger partial charge in [-0.15, -0.1) is 0 Å². The number of rotatable bonds is 5. The van der Waals surface area contributed by atoms with Gasteiger partial charge in [0.2, 0.25) is 0 Å². The Hall–Kier alpha value is -1.08. The van der Waals surface area contributed by atoms with Gasteiger partial charge in [-0.25, -0.2) is 0 Å². The van der Waals surface area contributed by atoms with E-state index in [1.165, 1.54) is 0 Å². The fourth-order valence-electron chi connectivity index (χ4n) is 0.754. The molecular weight excluding hydrogens is 243 g/mol. The van der Waals surface area contributed by atoms with Crippen molar-refractivity contribution in [3.05, 3.63) is 12.2 Å². The standard InChI is InChI=1S/C8H8F7N/c1-5(4-16)2-3-6(9,10)7(11,12)8(13,14)15/h4,16H,1-3H2. The van der Waals surface area contributed by atoms with Crippen LogP contribution in [-0.4, -0.2) is 24.2 Å². The van der Waals surface area contributed by atoms with Gasteiger partial charge in [0.1, 0.15) is 0 Å². The van der Waals surface area contributed by atoms with Crippen LogP contribution in [0.1, 0.15) is 12.8 Å². The van der Waals surface area contributed by atoms with E-state index in [-0.39, 0.29) is 5.57 Å². The second-order valence-electron chi connectivity index (χ2n) is 3.08. The van der Waals surface area contributed by atoms with Crippen LogP contribution in [0.4, 0.5) is 30.7 Å². The van der Waals surface area contributed by atoms with Gasteiger partial charge in [-0.3, -0.25) is 0 Å². The van der Waals surface area contributed by atoms with Crippen molar-refractivity contribution >= 4 is 6.21 Å². The Morgan fingerprint density at radius 1 is 1.06 bits per heavy atom. The summed E-state index contributed by atoms with van der Waals surface area (Å²) in [5, 5.41) is 6.52. The predicted molar refractivity (Wildman–Crippen MR) is 43.1 cm³/mol. The first kappa shape index (κ1) is 14.9. The van der Waals surface area contributed by atoms with E-state index in [4.69, 9.17) is 5.41 Å². The third-order valence-electron chi connectivity index (χ3n) is 1.78. The van der Waals surface area contributed by atoms with Gasteiger partial charge in [0.05, 0.1) is 0 Å². The van der Waals surface area contributed by atoms with Crippen LogP contribution in [0.2, 0.25) is 0 Å². The van der Waals surface area contributed by atoms with Crippen LogP contribution in [0.3, 0.4) is 0 Å². The van der Waals surface area contributed by atoms with Gasteiger partial charge in [0.15, 0.2) is 0 Å². The van der Waals surface area contributed by atoms with E-state index in [1.807, 2.05) is 0 Å². The average Bonchev–Trinajstić information content (AvgIpc) is 2.12. The van der Waals surface area contributed by atoms with Gasteiger partial charge in [0.25, 0.3) is 0 Å². The van der Waals surface area contributed by atoms with E-state index in [0.717, 1.165) is 0 Å². The summed E-state index contributed by atoms with van der Waals surface area (Å²) in [6.45, 7) is 3.02. The van der Waals surface area contributed by atoms with Gasteiger partial charge in [0, 0.05) is 12.6 Å². The highest BCUT2D eigenvalue weighted by Crippen LogP contribution is 2.48. The second-order valence-corrected chi connectivity index (χ2v) is 3.08. The Morgan fingerprint density at radius 2 is 1.50 bits per heavy atom. The van der Waals surface area contributed by atoms with Gasteiger partial charge in [-0.05, 0) is 12.0 Å². The minimum atomic E-state index is -6.30. The fourth-order valence-corrected chi connectivity index (χ4v) is 0.754. The van der Waals surface area contributed by atoms with E-state index >= 15 is 0 Å². The zero-order valence-corrected chi connectivity index (χ0v) is 7.84. The molecule has 0 aromatic rings. The second kappa shape index (κ2) is 4.42. The van der Waals surface area contributed by atoms with Crippen molar-refractivity contribution in [3.8, 4) is 0 Å². The lowest BCUT2D eigenvalue weighted by Gasteiger charge is -2.28. The Morgan fingerprint density at radius 3 is 1.81 bits per heavy atom. The Kier molecular flexibility index (Phi) is 4.12. The average molecular weight is 251 g/mol. The molecule has 0 unspecified atom stereocenters. The summed E-state index contributed by atoms with van der Waals surface area (Å²) >= 11 is 0. The molecule has 0 aromatic heterocycles. The summed E-state index contributed by atoms with van der Waals surface area (Å²) in [5.41, 5.74) is -0.252. The summed E-state index contributed by atoms with van der Waals surface area (Å²) in [6.07, 6.45) is -8.31. The normalized spacial score (nSPS) is 13.7. The predicted octanol–water partition coefficient (Wildman–Crippen LogP) is 3.81. The zero-order valence-electron chi connectivity index (χ0n) is 7.84. The monoisotopic (exact) mass is 251 g/mol. The molecule has 0 aliphatic heterocycles. The molecule has 0 aliphatic rings. The van der Waals surface area contributed by atoms with Gasteiger partial charge in [-0.1, -0.05) is 6.58 Å². The zero-order chi connectivity index (χ0) is 13.2. The molecule has 0 saturated heterocycles. The molecule has 16 heavy (non-hydrogen) atoms. The molecule has 8 heteroatoms. The number of alkyl halides is 7. The summed E-state index contributed by atoms with van der Waals surface area (Å²) in [6, 6.07) is 0. The van der Waals surface area contributed by atoms with Crippen LogP contribution >= 0.6 is 0 Å². The maximum absolute atomic E-state index is 12.6. The number of hydrogen-bond acceptors (Lipinski definition) is 1. The van der Waals surface area contributed by atoms with E-state index in [0.29, 0.717) is 6.21 Å². The highest BCUT2D eigenvalue weighted by atomic mass is 19.4. The SMILES string of the molecule is C=C(C=N)CCC(F)(F)C(F)(F)C(F)(F)F. The molecule has 1 nitrogen and oxygen atoms in total. The first-order valence-corrected chi connectivity index (χ1v) is 3.96. The van der Waals surface area contributed by atoms with Crippen molar-refractivity contribution in [1.82, 2.24) is 0 Å². The van der Waals surface area contributed by atoms with Crippen LogP contribution in [0.15, 0.2) is 12.2 Å². The van der Waals surface area contributed by atoms with Crippen LogP contribution in [0, 0.1) is 5.41 Å². The van der Waals surface area contributed by atoms with E-state index < -0.39 is 30.9 Å². The molecule has 0 saturated carbocycles. The highest BCUT2D eigenvalue weighted by Gasteiger charge is 2.72. The van der Waals surface area contributed by atoms with E-state index in [9.17, 15) is 30.7 Å². The Labute approximate surface area is 86.4 Å². The molecule has 0 fully saturated rings. The van der Waals surface area contributed by atoms with Crippen molar-refractivity contribution in [2.45, 2.75) is 30.9 Å². The van der Waals surface area contributed by atoms with Crippen molar-refractivity contribution in [2.75, 3.05) is 0 Å². The van der Waals surface area contributed by atoms with E-state index in [1.54, 1.807) is 0 Å². The molecular formula is C8H8F7N.